The fraction of sp³-hybridized carbons (Fsp3) is 0.647. The number of pyridine rings is 1. The molecule has 1 saturated heterocycles. The van der Waals surface area contributed by atoms with Gasteiger partial charge in [0, 0.05) is 30.9 Å². The zero-order chi connectivity index (χ0) is 14.0. The topological polar surface area (TPSA) is 33.2 Å². The van der Waals surface area contributed by atoms with E-state index < -0.39 is 0 Å². The molecule has 3 rings (SSSR count). The van der Waals surface area contributed by atoms with Crippen molar-refractivity contribution in [2.45, 2.75) is 45.4 Å². The standard InChI is InChI=1S/C17H24N2O/c1-17(7-3-8-17)16(20)19-10-5-14(6-11-19)12-15-4-2-9-18-13-15/h2,4,9,13-14H,3,5-8,10-12H2,1H3. The van der Waals surface area contributed by atoms with E-state index >= 15 is 0 Å². The van der Waals surface area contributed by atoms with Crippen LogP contribution >= 0.6 is 0 Å². The fourth-order valence-electron chi connectivity index (χ4n) is 3.50. The van der Waals surface area contributed by atoms with Crippen LogP contribution in [0.15, 0.2) is 24.5 Å². The molecule has 1 amide bonds. The number of aromatic nitrogens is 1. The smallest absolute Gasteiger partial charge is 0.228 e. The maximum absolute atomic E-state index is 12.5. The molecule has 0 atom stereocenters. The van der Waals surface area contributed by atoms with E-state index in [1.165, 1.54) is 12.0 Å². The molecular formula is C17H24N2O. The predicted octanol–water partition coefficient (Wildman–Crippen LogP) is 3.05. The van der Waals surface area contributed by atoms with Crippen LogP contribution in [0.2, 0.25) is 0 Å². The summed E-state index contributed by atoms with van der Waals surface area (Å²) in [5, 5.41) is 0. The molecule has 0 N–H and O–H groups in total. The normalized spacial score (nSPS) is 22.4. The second-order valence-corrected chi connectivity index (χ2v) is 6.72. The molecule has 1 aromatic rings. The predicted molar refractivity (Wildman–Crippen MR) is 79.2 cm³/mol. The van der Waals surface area contributed by atoms with E-state index in [-0.39, 0.29) is 5.41 Å². The number of rotatable bonds is 3. The summed E-state index contributed by atoms with van der Waals surface area (Å²) in [5.41, 5.74) is 1.29. The number of likely N-dealkylation sites (tertiary alicyclic amines) is 1. The Bertz CT molecular complexity index is 459. The minimum Gasteiger partial charge on any atom is -0.342 e. The van der Waals surface area contributed by atoms with Gasteiger partial charge in [-0.2, -0.15) is 0 Å². The van der Waals surface area contributed by atoms with Crippen molar-refractivity contribution in [1.82, 2.24) is 9.88 Å². The molecule has 3 nitrogen and oxygen atoms in total. The van der Waals surface area contributed by atoms with Crippen LogP contribution in [0.1, 0.15) is 44.6 Å². The SMILES string of the molecule is CC1(C(=O)N2CCC(Cc3cccnc3)CC2)CCC1. The highest BCUT2D eigenvalue weighted by atomic mass is 16.2. The first-order valence-corrected chi connectivity index (χ1v) is 7.86. The summed E-state index contributed by atoms with van der Waals surface area (Å²) >= 11 is 0. The van der Waals surface area contributed by atoms with Crippen LogP contribution < -0.4 is 0 Å². The average molecular weight is 272 g/mol. The lowest BCUT2D eigenvalue weighted by Gasteiger charge is -2.43. The van der Waals surface area contributed by atoms with Crippen LogP contribution in [-0.4, -0.2) is 28.9 Å². The van der Waals surface area contributed by atoms with Crippen LogP contribution in [0.4, 0.5) is 0 Å². The molecule has 2 heterocycles. The number of carbonyl (C=O) groups excluding carboxylic acids is 1. The summed E-state index contributed by atoms with van der Waals surface area (Å²) in [7, 11) is 0. The number of carbonyl (C=O) groups is 1. The van der Waals surface area contributed by atoms with Crippen LogP contribution in [0.3, 0.4) is 0 Å². The van der Waals surface area contributed by atoms with Crippen LogP contribution in [0.25, 0.3) is 0 Å². The number of piperidine rings is 1. The Morgan fingerprint density at radius 2 is 2.15 bits per heavy atom. The second-order valence-electron chi connectivity index (χ2n) is 6.72. The van der Waals surface area contributed by atoms with Gasteiger partial charge in [0.1, 0.15) is 0 Å². The summed E-state index contributed by atoms with van der Waals surface area (Å²) in [6.45, 7) is 4.03. The van der Waals surface area contributed by atoms with E-state index in [1.54, 1.807) is 0 Å². The minimum atomic E-state index is -0.0316. The summed E-state index contributed by atoms with van der Waals surface area (Å²) in [6.07, 6.45) is 10.6. The first-order valence-electron chi connectivity index (χ1n) is 7.86. The lowest BCUT2D eigenvalue weighted by molar-refractivity contribution is -0.147. The van der Waals surface area contributed by atoms with Crippen molar-refractivity contribution in [3.63, 3.8) is 0 Å². The number of amides is 1. The zero-order valence-corrected chi connectivity index (χ0v) is 12.3. The third-order valence-corrected chi connectivity index (χ3v) is 5.12. The maximum Gasteiger partial charge on any atom is 0.228 e. The number of hydrogen-bond acceptors (Lipinski definition) is 2. The molecule has 0 unspecified atom stereocenters. The first kappa shape index (κ1) is 13.6. The van der Waals surface area contributed by atoms with Gasteiger partial charge < -0.3 is 4.90 Å². The Hall–Kier alpha value is -1.38. The molecule has 1 saturated carbocycles. The van der Waals surface area contributed by atoms with E-state index in [2.05, 4.69) is 22.9 Å². The van der Waals surface area contributed by atoms with E-state index in [0.717, 1.165) is 45.2 Å². The Morgan fingerprint density at radius 3 is 2.70 bits per heavy atom. The van der Waals surface area contributed by atoms with E-state index in [0.29, 0.717) is 11.8 Å². The minimum absolute atomic E-state index is 0.0316. The highest BCUT2D eigenvalue weighted by Crippen LogP contribution is 2.42. The van der Waals surface area contributed by atoms with Crippen molar-refractivity contribution in [3.8, 4) is 0 Å². The molecule has 0 radical (unpaired) electrons. The van der Waals surface area contributed by atoms with Gasteiger partial charge in [-0.25, -0.2) is 0 Å². The van der Waals surface area contributed by atoms with E-state index in [9.17, 15) is 4.79 Å². The van der Waals surface area contributed by atoms with Gasteiger partial charge in [-0.15, -0.1) is 0 Å². The maximum atomic E-state index is 12.5. The number of nitrogens with zero attached hydrogens (tertiary/aromatic N) is 2. The second kappa shape index (κ2) is 5.55. The van der Waals surface area contributed by atoms with E-state index in [4.69, 9.17) is 0 Å². The Morgan fingerprint density at radius 1 is 1.40 bits per heavy atom. The summed E-state index contributed by atoms with van der Waals surface area (Å²) in [4.78, 5) is 18.8. The molecule has 20 heavy (non-hydrogen) atoms. The van der Waals surface area contributed by atoms with Gasteiger partial charge in [0.15, 0.2) is 0 Å². The third-order valence-electron chi connectivity index (χ3n) is 5.12. The molecular weight excluding hydrogens is 248 g/mol. The molecule has 2 fully saturated rings. The monoisotopic (exact) mass is 272 g/mol. The average Bonchev–Trinajstić information content (AvgIpc) is 2.46. The highest BCUT2D eigenvalue weighted by Gasteiger charge is 2.42. The van der Waals surface area contributed by atoms with Gasteiger partial charge >= 0.3 is 0 Å². The Balaban J connectivity index is 1.51. The molecule has 0 spiro atoms. The van der Waals surface area contributed by atoms with Crippen molar-refractivity contribution in [2.24, 2.45) is 11.3 Å². The lowest BCUT2D eigenvalue weighted by Crippen LogP contribution is -2.49. The van der Waals surface area contributed by atoms with Gasteiger partial charge in [-0.3, -0.25) is 9.78 Å². The summed E-state index contributed by atoms with van der Waals surface area (Å²) in [5.74, 6) is 1.11. The number of hydrogen-bond donors (Lipinski definition) is 0. The van der Waals surface area contributed by atoms with Crippen molar-refractivity contribution in [1.29, 1.82) is 0 Å². The summed E-state index contributed by atoms with van der Waals surface area (Å²) in [6, 6.07) is 4.16. The van der Waals surface area contributed by atoms with Crippen molar-refractivity contribution in [2.75, 3.05) is 13.1 Å². The van der Waals surface area contributed by atoms with Crippen LogP contribution in [-0.2, 0) is 11.2 Å². The Labute approximate surface area is 121 Å². The van der Waals surface area contributed by atoms with Crippen molar-refractivity contribution in [3.05, 3.63) is 30.1 Å². The molecule has 0 bridgehead atoms. The van der Waals surface area contributed by atoms with Gasteiger partial charge in [0.25, 0.3) is 0 Å². The van der Waals surface area contributed by atoms with Crippen molar-refractivity contribution >= 4 is 5.91 Å². The zero-order valence-electron chi connectivity index (χ0n) is 12.3. The molecule has 1 aliphatic carbocycles. The molecule has 1 aromatic heterocycles. The van der Waals surface area contributed by atoms with Crippen LogP contribution in [0.5, 0.6) is 0 Å². The largest absolute Gasteiger partial charge is 0.342 e. The highest BCUT2D eigenvalue weighted by molar-refractivity contribution is 5.83. The first-order chi connectivity index (χ1) is 9.67. The quantitative estimate of drug-likeness (QED) is 0.847. The van der Waals surface area contributed by atoms with Gasteiger partial charge in [0.05, 0.1) is 0 Å². The molecule has 0 aromatic carbocycles. The molecule has 3 heteroatoms. The molecule has 108 valence electrons. The lowest BCUT2D eigenvalue weighted by atomic mass is 9.69. The Kier molecular flexibility index (Phi) is 3.77. The molecule has 1 aliphatic heterocycles. The molecule has 2 aliphatic rings. The summed E-state index contributed by atoms with van der Waals surface area (Å²) < 4.78 is 0. The van der Waals surface area contributed by atoms with Gasteiger partial charge in [-0.1, -0.05) is 19.4 Å². The fourth-order valence-corrected chi connectivity index (χ4v) is 3.50. The third kappa shape index (κ3) is 2.72. The van der Waals surface area contributed by atoms with Gasteiger partial charge in [-0.05, 0) is 49.7 Å². The van der Waals surface area contributed by atoms with Gasteiger partial charge in [0.2, 0.25) is 5.91 Å². The van der Waals surface area contributed by atoms with Crippen LogP contribution in [0, 0.1) is 11.3 Å². The van der Waals surface area contributed by atoms with Crippen molar-refractivity contribution < 1.29 is 4.79 Å². The van der Waals surface area contributed by atoms with E-state index in [1.807, 2.05) is 18.5 Å².